The van der Waals surface area contributed by atoms with Crippen molar-refractivity contribution in [3.63, 3.8) is 0 Å². The Balaban J connectivity index is 1.33. The number of hydrogen-bond acceptors (Lipinski definition) is 15. The molecule has 2 fully saturated rings. The van der Waals surface area contributed by atoms with Gasteiger partial charge in [0.05, 0.1) is 17.7 Å². The number of carbonyl (C=O) groups is 1. The molecule has 10 N–H and O–H groups in total. The van der Waals surface area contributed by atoms with Crippen LogP contribution in [0.15, 0.2) is 40.0 Å². The summed E-state index contributed by atoms with van der Waals surface area (Å²) in [5.74, 6) is -0.925. The molecule has 23 heteroatoms. The second kappa shape index (κ2) is 13.0. The van der Waals surface area contributed by atoms with Crippen LogP contribution in [0.5, 0.6) is 0 Å². The summed E-state index contributed by atoms with van der Waals surface area (Å²) in [5.41, 5.74) is 9.87. The lowest BCUT2D eigenvalue weighted by Gasteiger charge is -2.20. The third kappa shape index (κ3) is 7.72. The number of rotatable bonds is 11. The number of ether oxygens (including phenoxy) is 2. The maximum atomic E-state index is 12.4. The third-order valence-corrected chi connectivity index (χ3v) is 9.51. The van der Waals surface area contributed by atoms with Crippen molar-refractivity contribution in [2.75, 3.05) is 18.9 Å². The van der Waals surface area contributed by atoms with Gasteiger partial charge in [-0.2, -0.15) is 13.9 Å². The van der Waals surface area contributed by atoms with Gasteiger partial charge >= 0.3 is 21.3 Å². The molecular formula is C20H27BrN5O15P2+. The topological polar surface area (TPSA) is 310 Å². The van der Waals surface area contributed by atoms with Crippen LogP contribution in [-0.4, -0.2) is 95.5 Å². The molecule has 0 spiro atoms. The minimum Gasteiger partial charge on any atom is -0.387 e. The molecular weight excluding hydrogens is 692 g/mol. The summed E-state index contributed by atoms with van der Waals surface area (Å²) in [6, 6.07) is 2.81. The van der Waals surface area contributed by atoms with Gasteiger partial charge in [0.25, 0.3) is 12.1 Å². The Hall–Kier alpha value is -2.20. The van der Waals surface area contributed by atoms with Crippen molar-refractivity contribution >= 4 is 43.3 Å². The van der Waals surface area contributed by atoms with Crippen LogP contribution in [0, 0.1) is 0 Å². The van der Waals surface area contributed by atoms with Crippen LogP contribution in [0.2, 0.25) is 0 Å². The number of aliphatic hydroxyl groups is 4. The summed E-state index contributed by atoms with van der Waals surface area (Å²) >= 11 is 3.05. The highest BCUT2D eigenvalue weighted by Gasteiger charge is 2.50. The molecule has 4 heterocycles. The molecule has 20 nitrogen and oxygen atoms in total. The Morgan fingerprint density at radius 1 is 1.05 bits per heavy atom. The number of hydrogen-bond donors (Lipinski definition) is 8. The molecule has 0 bridgehead atoms. The molecule has 2 aromatic heterocycles. The van der Waals surface area contributed by atoms with Gasteiger partial charge in [0.15, 0.2) is 24.7 Å². The Labute approximate surface area is 249 Å². The van der Waals surface area contributed by atoms with Crippen molar-refractivity contribution in [1.29, 1.82) is 0 Å². The lowest BCUT2D eigenvalue weighted by molar-refractivity contribution is -0.765. The summed E-state index contributed by atoms with van der Waals surface area (Å²) in [5, 5.41) is 41.3. The lowest BCUT2D eigenvalue weighted by atomic mass is 10.1. The molecule has 238 valence electrons. The number of nitrogen functional groups attached to an aromatic ring is 1. The van der Waals surface area contributed by atoms with Gasteiger partial charge in [-0.3, -0.25) is 18.4 Å². The first kappa shape index (κ1) is 33.7. The van der Waals surface area contributed by atoms with Crippen LogP contribution < -0.4 is 21.7 Å². The fraction of sp³-hybridized carbons (Fsp3) is 0.500. The number of pyridine rings is 1. The van der Waals surface area contributed by atoms with E-state index in [2.05, 4.69) is 34.3 Å². The number of phosphoric acid groups is 2. The number of halogens is 1. The van der Waals surface area contributed by atoms with Crippen molar-refractivity contribution in [3.8, 4) is 0 Å². The minimum absolute atomic E-state index is 0.0595. The predicted molar refractivity (Wildman–Crippen MR) is 140 cm³/mol. The predicted octanol–water partition coefficient (Wildman–Crippen LogP) is -2.84. The highest BCUT2D eigenvalue weighted by Crippen LogP contribution is 2.60. The van der Waals surface area contributed by atoms with Crippen LogP contribution in [0.3, 0.4) is 0 Å². The van der Waals surface area contributed by atoms with Crippen molar-refractivity contribution in [2.24, 2.45) is 5.73 Å². The summed E-state index contributed by atoms with van der Waals surface area (Å²) in [6.45, 7) is -1.89. The maximum absolute atomic E-state index is 12.4. The van der Waals surface area contributed by atoms with Gasteiger partial charge in [-0.1, -0.05) is 0 Å². The number of primary amides is 1. The zero-order chi connectivity index (χ0) is 31.9. The fourth-order valence-corrected chi connectivity index (χ4v) is 6.56. The summed E-state index contributed by atoms with van der Waals surface area (Å²) in [7, 11) is -10.8. The van der Waals surface area contributed by atoms with Gasteiger partial charge in [0.2, 0.25) is 0 Å². The second-order valence-corrected chi connectivity index (χ2v) is 13.2. The van der Waals surface area contributed by atoms with E-state index in [-0.39, 0.29) is 15.9 Å². The molecule has 1 amide bonds. The van der Waals surface area contributed by atoms with Crippen molar-refractivity contribution in [3.05, 3.63) is 51.2 Å². The van der Waals surface area contributed by atoms with E-state index in [1.54, 1.807) is 0 Å². The van der Waals surface area contributed by atoms with Gasteiger partial charge in [0, 0.05) is 12.3 Å². The zero-order valence-corrected chi connectivity index (χ0v) is 24.9. The summed E-state index contributed by atoms with van der Waals surface area (Å²) in [6.07, 6.45) is -8.74. The maximum Gasteiger partial charge on any atom is 0.481 e. The van der Waals surface area contributed by atoms with E-state index >= 15 is 0 Å². The molecule has 43 heavy (non-hydrogen) atoms. The molecule has 0 aromatic carbocycles. The van der Waals surface area contributed by atoms with E-state index in [9.17, 15) is 48.9 Å². The number of phosphoric ester groups is 2. The van der Waals surface area contributed by atoms with E-state index in [0.717, 1.165) is 10.8 Å². The van der Waals surface area contributed by atoms with E-state index in [1.165, 1.54) is 29.1 Å². The Morgan fingerprint density at radius 2 is 1.63 bits per heavy atom. The second-order valence-electron chi connectivity index (χ2n) is 9.27. The minimum atomic E-state index is -5.41. The number of nitrogens with two attached hydrogens (primary N) is 2. The van der Waals surface area contributed by atoms with E-state index < -0.39 is 89.5 Å². The number of nitrogens with zero attached hydrogens (tertiary/aromatic N) is 3. The molecule has 2 saturated heterocycles. The highest BCUT2D eigenvalue weighted by molar-refractivity contribution is 9.10. The molecule has 2 aliphatic heterocycles. The van der Waals surface area contributed by atoms with Crippen LogP contribution in [0.1, 0.15) is 22.8 Å². The largest absolute Gasteiger partial charge is 0.481 e. The lowest BCUT2D eigenvalue weighted by Crippen LogP contribution is -2.46. The molecule has 0 radical (unpaired) electrons. The molecule has 2 aliphatic rings. The quantitative estimate of drug-likeness (QED) is 0.0857. The Bertz CT molecular complexity index is 1520. The third-order valence-electron chi connectivity index (χ3n) is 6.29. The van der Waals surface area contributed by atoms with Crippen LogP contribution in [0.4, 0.5) is 5.82 Å². The van der Waals surface area contributed by atoms with Gasteiger partial charge in [-0.15, -0.1) is 0 Å². The Kier molecular flexibility index (Phi) is 10.2. The van der Waals surface area contributed by atoms with E-state index in [0.29, 0.717) is 0 Å². The van der Waals surface area contributed by atoms with Crippen molar-refractivity contribution in [2.45, 2.75) is 49.1 Å². The first-order valence-electron chi connectivity index (χ1n) is 12.0. The number of carbonyl (C=O) groups excluding carboxylic acids is 1. The van der Waals surface area contributed by atoms with Gasteiger partial charge < -0.3 is 51.2 Å². The van der Waals surface area contributed by atoms with E-state index in [1.807, 2.05) is 0 Å². The molecule has 4 rings (SSSR count). The van der Waals surface area contributed by atoms with Gasteiger partial charge in [-0.05, 0) is 22.0 Å². The monoisotopic (exact) mass is 718 g/mol. The van der Waals surface area contributed by atoms with Crippen molar-refractivity contribution < 1.29 is 71.5 Å². The molecule has 10 atom stereocenters. The normalized spacial score (nSPS) is 31.9. The average Bonchev–Trinajstić information content (AvgIpc) is 3.37. The number of aliphatic hydroxyl groups excluding tert-OH is 4. The fourth-order valence-electron chi connectivity index (χ4n) is 4.16. The zero-order valence-electron chi connectivity index (χ0n) is 21.5. The van der Waals surface area contributed by atoms with Crippen LogP contribution in [0.25, 0.3) is 0 Å². The molecule has 0 saturated carbocycles. The van der Waals surface area contributed by atoms with Crippen LogP contribution in [-0.2, 0) is 32.0 Å². The van der Waals surface area contributed by atoms with E-state index in [4.69, 9.17) is 20.9 Å². The number of anilines is 1. The number of amides is 1. The summed E-state index contributed by atoms with van der Waals surface area (Å²) in [4.78, 5) is 47.0. The Morgan fingerprint density at radius 3 is 2.23 bits per heavy atom. The standard InChI is InChI=1S/C20H26BrN5O15P2/c21-9-5-26(20(32)24-16(9)22)19-15(30)13(28)11(40-19)7-38-43(35,36)41-42(33,34)37-6-10-12(27)14(29)18(39-10)25-3-1-2-8(4-25)17(23)31/h1-5,10-15,18-19,27-30H,6-7H2,(H5-,22,23,24,31,32,33,34,35,36)/p+1/t10-,11+,12-,13+,14-,15+,18-,19+/m1/s1. The molecule has 0 aliphatic carbocycles. The summed E-state index contributed by atoms with van der Waals surface area (Å²) < 4.78 is 51.2. The first-order chi connectivity index (χ1) is 20.0. The smallest absolute Gasteiger partial charge is 0.387 e. The SMILES string of the molecule is NC(=O)c1ccc[n+]([C@@H]2O[C@H](COP(=O)(O)OP(=O)(O)OC[C@@H]3O[C@H](n4cc(Br)c(N)nc4=O)[C@@H](O)[C@H]3O)[C@@H](O)[C@H]2O)c1. The highest BCUT2D eigenvalue weighted by atomic mass is 79.9. The van der Waals surface area contributed by atoms with Crippen LogP contribution >= 0.6 is 31.6 Å². The molecule has 2 aromatic rings. The van der Waals surface area contributed by atoms with Gasteiger partial charge in [-0.25, -0.2) is 13.9 Å². The number of aromatic nitrogens is 3. The molecule has 2 unspecified atom stereocenters. The first-order valence-corrected chi connectivity index (χ1v) is 15.8. The van der Waals surface area contributed by atoms with Gasteiger partial charge in [0.1, 0.15) is 41.9 Å². The van der Waals surface area contributed by atoms with Crippen molar-refractivity contribution in [1.82, 2.24) is 9.55 Å². The average molecular weight is 719 g/mol.